The van der Waals surface area contributed by atoms with E-state index in [1.165, 1.54) is 38.5 Å². The maximum absolute atomic E-state index is 11.8. The van der Waals surface area contributed by atoms with E-state index in [0.717, 1.165) is 18.6 Å². The molecule has 3 nitrogen and oxygen atoms in total. The minimum absolute atomic E-state index is 0.218. The van der Waals surface area contributed by atoms with Crippen molar-refractivity contribution in [3.05, 3.63) is 42.5 Å². The lowest BCUT2D eigenvalue weighted by Crippen LogP contribution is -2.25. The van der Waals surface area contributed by atoms with Crippen LogP contribution in [0.5, 0.6) is 5.75 Å². The predicted molar refractivity (Wildman–Crippen MR) is 99.2 cm³/mol. The van der Waals surface area contributed by atoms with Crippen molar-refractivity contribution in [3.63, 3.8) is 0 Å². The van der Waals surface area contributed by atoms with E-state index in [0.29, 0.717) is 12.2 Å². The van der Waals surface area contributed by atoms with Crippen LogP contribution in [0.1, 0.15) is 65.2 Å². The van der Waals surface area contributed by atoms with Crippen molar-refractivity contribution in [1.82, 2.24) is 0 Å². The number of ether oxygens (including phenoxy) is 2. The Morgan fingerprint density at radius 1 is 1.04 bits per heavy atom. The Morgan fingerprint density at radius 3 is 2.29 bits per heavy atom. The fourth-order valence-electron chi connectivity index (χ4n) is 2.46. The van der Waals surface area contributed by atoms with Gasteiger partial charge < -0.3 is 9.47 Å². The standard InChI is InChI=1S/C21H32O3/c1-4-5-6-7-8-9-11-16-20(24-21(22)18(2)3)17-23-19-14-12-10-13-15-19/h10,12-15,20H,2,4-9,11,16-17H2,1,3H3. The van der Waals surface area contributed by atoms with Crippen LogP contribution >= 0.6 is 0 Å². The third-order valence-electron chi connectivity index (χ3n) is 3.93. The average molecular weight is 332 g/mol. The molecular formula is C21H32O3. The van der Waals surface area contributed by atoms with E-state index in [1.807, 2.05) is 30.3 Å². The number of hydrogen-bond acceptors (Lipinski definition) is 3. The van der Waals surface area contributed by atoms with Crippen molar-refractivity contribution >= 4 is 5.97 Å². The molecule has 134 valence electrons. The van der Waals surface area contributed by atoms with Gasteiger partial charge in [0, 0.05) is 5.57 Å². The number of para-hydroxylation sites is 1. The van der Waals surface area contributed by atoms with E-state index in [1.54, 1.807) is 6.92 Å². The summed E-state index contributed by atoms with van der Waals surface area (Å²) >= 11 is 0. The minimum atomic E-state index is -0.334. The Labute approximate surface area is 147 Å². The molecule has 0 heterocycles. The molecule has 0 bridgehead atoms. The van der Waals surface area contributed by atoms with E-state index in [4.69, 9.17) is 9.47 Å². The number of unbranched alkanes of at least 4 members (excludes halogenated alkanes) is 6. The predicted octanol–water partition coefficient (Wildman–Crippen LogP) is 5.69. The topological polar surface area (TPSA) is 35.5 Å². The SMILES string of the molecule is C=C(C)C(=O)OC(CCCCCCCCC)COc1ccccc1. The molecule has 0 aliphatic heterocycles. The summed E-state index contributed by atoms with van der Waals surface area (Å²) in [5.41, 5.74) is 0.430. The first kappa shape index (κ1) is 20.3. The van der Waals surface area contributed by atoms with Crippen molar-refractivity contribution in [2.24, 2.45) is 0 Å². The lowest BCUT2D eigenvalue weighted by atomic mass is 10.1. The van der Waals surface area contributed by atoms with Crippen LogP contribution in [0, 0.1) is 0 Å². The third-order valence-corrected chi connectivity index (χ3v) is 3.93. The maximum Gasteiger partial charge on any atom is 0.333 e. The van der Waals surface area contributed by atoms with Gasteiger partial charge in [0.25, 0.3) is 0 Å². The molecule has 0 amide bonds. The lowest BCUT2D eigenvalue weighted by molar-refractivity contribution is -0.146. The quantitative estimate of drug-likeness (QED) is 0.264. The number of carbonyl (C=O) groups is 1. The van der Waals surface area contributed by atoms with Gasteiger partial charge in [0.2, 0.25) is 0 Å². The molecule has 0 aliphatic carbocycles. The molecule has 0 N–H and O–H groups in total. The van der Waals surface area contributed by atoms with Crippen LogP contribution in [0.25, 0.3) is 0 Å². The number of rotatable bonds is 13. The molecule has 0 aliphatic rings. The summed E-state index contributed by atoms with van der Waals surface area (Å²) < 4.78 is 11.3. The Hall–Kier alpha value is -1.77. The van der Waals surface area contributed by atoms with Gasteiger partial charge in [0.05, 0.1) is 0 Å². The van der Waals surface area contributed by atoms with Crippen LogP contribution < -0.4 is 4.74 Å². The van der Waals surface area contributed by atoms with E-state index < -0.39 is 0 Å². The molecule has 1 rings (SSSR count). The van der Waals surface area contributed by atoms with E-state index >= 15 is 0 Å². The number of esters is 1. The summed E-state index contributed by atoms with van der Waals surface area (Å²) in [5.74, 6) is 0.466. The maximum atomic E-state index is 11.8. The molecule has 24 heavy (non-hydrogen) atoms. The van der Waals surface area contributed by atoms with Crippen molar-refractivity contribution in [2.45, 2.75) is 71.3 Å². The summed E-state index contributed by atoms with van der Waals surface area (Å²) in [6.45, 7) is 7.94. The second kappa shape index (κ2) is 12.6. The van der Waals surface area contributed by atoms with Gasteiger partial charge in [0.1, 0.15) is 18.5 Å². The molecule has 0 aromatic heterocycles. The van der Waals surface area contributed by atoms with E-state index in [2.05, 4.69) is 13.5 Å². The highest BCUT2D eigenvalue weighted by Crippen LogP contribution is 2.15. The molecule has 1 unspecified atom stereocenters. The molecule has 0 fully saturated rings. The average Bonchev–Trinajstić information content (AvgIpc) is 2.59. The van der Waals surface area contributed by atoms with Gasteiger partial charge in [0.15, 0.2) is 0 Å². The normalized spacial score (nSPS) is 11.8. The number of carbonyl (C=O) groups excluding carboxylic acids is 1. The van der Waals surface area contributed by atoms with Crippen LogP contribution in [0.4, 0.5) is 0 Å². The second-order valence-corrected chi connectivity index (χ2v) is 6.34. The molecule has 0 spiro atoms. The minimum Gasteiger partial charge on any atom is -0.490 e. The van der Waals surface area contributed by atoms with Gasteiger partial charge in [-0.1, -0.05) is 70.2 Å². The Balaban J connectivity index is 2.34. The monoisotopic (exact) mass is 332 g/mol. The fraction of sp³-hybridized carbons (Fsp3) is 0.571. The zero-order valence-electron chi connectivity index (χ0n) is 15.3. The highest BCUT2D eigenvalue weighted by atomic mass is 16.6. The van der Waals surface area contributed by atoms with Gasteiger partial charge in [-0.15, -0.1) is 0 Å². The van der Waals surface area contributed by atoms with E-state index in [9.17, 15) is 4.79 Å². The fourth-order valence-corrected chi connectivity index (χ4v) is 2.46. The molecule has 1 aromatic carbocycles. The largest absolute Gasteiger partial charge is 0.490 e. The summed E-state index contributed by atoms with van der Waals surface area (Å²) in [6, 6.07) is 9.63. The van der Waals surface area contributed by atoms with Gasteiger partial charge in [-0.05, 0) is 31.9 Å². The van der Waals surface area contributed by atoms with Crippen LogP contribution in [0.15, 0.2) is 42.5 Å². The Morgan fingerprint density at radius 2 is 1.67 bits per heavy atom. The van der Waals surface area contributed by atoms with Crippen LogP contribution in [-0.2, 0) is 9.53 Å². The molecule has 0 saturated carbocycles. The van der Waals surface area contributed by atoms with Crippen molar-refractivity contribution in [3.8, 4) is 5.75 Å². The van der Waals surface area contributed by atoms with Gasteiger partial charge in [-0.25, -0.2) is 4.79 Å². The molecule has 3 heteroatoms. The molecule has 1 atom stereocenters. The highest BCUT2D eigenvalue weighted by molar-refractivity contribution is 5.87. The second-order valence-electron chi connectivity index (χ2n) is 6.34. The zero-order valence-corrected chi connectivity index (χ0v) is 15.3. The van der Waals surface area contributed by atoms with Crippen LogP contribution in [0.3, 0.4) is 0 Å². The summed E-state index contributed by atoms with van der Waals surface area (Å²) in [5, 5.41) is 0. The summed E-state index contributed by atoms with van der Waals surface area (Å²) in [7, 11) is 0. The molecule has 0 radical (unpaired) electrons. The zero-order chi connectivity index (χ0) is 17.6. The van der Waals surface area contributed by atoms with Crippen LogP contribution in [0.2, 0.25) is 0 Å². The van der Waals surface area contributed by atoms with Crippen molar-refractivity contribution in [2.75, 3.05) is 6.61 Å². The molecule has 0 saturated heterocycles. The third kappa shape index (κ3) is 9.39. The van der Waals surface area contributed by atoms with Crippen LogP contribution in [-0.4, -0.2) is 18.7 Å². The summed E-state index contributed by atoms with van der Waals surface area (Å²) in [6.07, 6.45) is 9.31. The first-order valence-electron chi connectivity index (χ1n) is 9.17. The van der Waals surface area contributed by atoms with Crippen molar-refractivity contribution < 1.29 is 14.3 Å². The lowest BCUT2D eigenvalue weighted by Gasteiger charge is -2.18. The Bertz CT molecular complexity index is 467. The molecule has 1 aromatic rings. The van der Waals surface area contributed by atoms with Crippen molar-refractivity contribution in [1.29, 1.82) is 0 Å². The molecular weight excluding hydrogens is 300 g/mol. The Kier molecular flexibility index (Phi) is 10.7. The first-order valence-corrected chi connectivity index (χ1v) is 9.17. The van der Waals surface area contributed by atoms with Gasteiger partial charge >= 0.3 is 5.97 Å². The smallest absolute Gasteiger partial charge is 0.333 e. The van der Waals surface area contributed by atoms with E-state index in [-0.39, 0.29) is 12.1 Å². The number of hydrogen-bond donors (Lipinski definition) is 0. The van der Waals surface area contributed by atoms with Gasteiger partial charge in [-0.3, -0.25) is 0 Å². The first-order chi connectivity index (χ1) is 11.6. The van der Waals surface area contributed by atoms with Gasteiger partial charge in [-0.2, -0.15) is 0 Å². The number of benzene rings is 1. The summed E-state index contributed by atoms with van der Waals surface area (Å²) in [4.78, 5) is 11.8. The highest BCUT2D eigenvalue weighted by Gasteiger charge is 2.15.